The topological polar surface area (TPSA) is 139 Å². The van der Waals surface area contributed by atoms with Gasteiger partial charge in [0.05, 0.1) is 37.2 Å². The number of fused-ring (bicyclic) bond motifs is 1. The van der Waals surface area contributed by atoms with E-state index in [9.17, 15) is 19.8 Å². The zero-order valence-electron chi connectivity index (χ0n) is 25.7. The maximum atomic E-state index is 12.8. The van der Waals surface area contributed by atoms with Crippen LogP contribution in [0.2, 0.25) is 0 Å². The van der Waals surface area contributed by atoms with Crippen LogP contribution < -0.4 is 23.7 Å². The van der Waals surface area contributed by atoms with E-state index in [-0.39, 0.29) is 37.0 Å². The summed E-state index contributed by atoms with van der Waals surface area (Å²) >= 11 is 0. The van der Waals surface area contributed by atoms with Crippen LogP contribution in [0.5, 0.6) is 28.7 Å². The second-order valence-electron chi connectivity index (χ2n) is 11.0. The summed E-state index contributed by atoms with van der Waals surface area (Å²) in [5, 5.41) is 25.1. The first-order valence-corrected chi connectivity index (χ1v) is 14.9. The Morgan fingerprint density at radius 2 is 1.74 bits per heavy atom. The molecular weight excluding hydrogens is 592 g/mol. The third kappa shape index (κ3) is 6.08. The molecule has 1 aromatic heterocycles. The van der Waals surface area contributed by atoms with Gasteiger partial charge in [0.15, 0.2) is 11.5 Å². The fourth-order valence-electron chi connectivity index (χ4n) is 5.58. The van der Waals surface area contributed by atoms with Crippen LogP contribution >= 0.6 is 0 Å². The van der Waals surface area contributed by atoms with Gasteiger partial charge in [0.1, 0.15) is 23.9 Å². The van der Waals surface area contributed by atoms with Gasteiger partial charge in [-0.1, -0.05) is 25.1 Å². The maximum Gasteiger partial charge on any atom is 0.336 e. The van der Waals surface area contributed by atoms with Gasteiger partial charge >= 0.3 is 11.9 Å². The Kier molecular flexibility index (Phi) is 8.56. The zero-order valence-corrected chi connectivity index (χ0v) is 25.7. The minimum Gasteiger partial charge on any atom is -0.497 e. The molecule has 11 nitrogen and oxygen atoms in total. The molecule has 0 atom stereocenters. The molecule has 2 N–H and O–H groups in total. The second kappa shape index (κ2) is 12.9. The lowest BCUT2D eigenvalue weighted by Gasteiger charge is -2.16. The van der Waals surface area contributed by atoms with E-state index in [0.29, 0.717) is 57.4 Å². The number of rotatable bonds is 13. The number of aliphatic carboxylic acids is 1. The van der Waals surface area contributed by atoms with Gasteiger partial charge in [-0.05, 0) is 49.6 Å². The third-order valence-electron chi connectivity index (χ3n) is 8.08. The van der Waals surface area contributed by atoms with Crippen molar-refractivity contribution >= 4 is 18.0 Å². The predicted molar refractivity (Wildman–Crippen MR) is 168 cm³/mol. The van der Waals surface area contributed by atoms with Gasteiger partial charge < -0.3 is 33.9 Å². The van der Waals surface area contributed by atoms with Gasteiger partial charge in [-0.25, -0.2) is 9.59 Å². The van der Waals surface area contributed by atoms with Crippen molar-refractivity contribution in [2.75, 3.05) is 21.0 Å². The van der Waals surface area contributed by atoms with E-state index in [0.717, 1.165) is 24.2 Å². The van der Waals surface area contributed by atoms with E-state index in [4.69, 9.17) is 28.8 Å². The number of carboxylic acids is 2. The highest BCUT2D eigenvalue weighted by atomic mass is 16.7. The largest absolute Gasteiger partial charge is 0.497 e. The number of aryl methyl sites for hydroxylation is 1. The Morgan fingerprint density at radius 1 is 0.978 bits per heavy atom. The number of carbonyl (C=O) groups is 2. The number of carboxylic acid groups (broad SMARTS) is 2. The van der Waals surface area contributed by atoms with Crippen LogP contribution in [-0.4, -0.2) is 52.9 Å². The molecule has 11 heteroatoms. The zero-order chi connectivity index (χ0) is 32.4. The van der Waals surface area contributed by atoms with Crippen LogP contribution in [0.15, 0.2) is 60.2 Å². The fraction of sp³-hybridized carbons (Fsp3) is 0.286. The van der Waals surface area contributed by atoms with Crippen LogP contribution in [0, 0.1) is 0 Å². The molecule has 238 valence electrons. The Balaban J connectivity index is 1.46. The number of aromatic nitrogens is 2. The minimum absolute atomic E-state index is 0.00367. The number of hydrogen-bond acceptors (Lipinski definition) is 8. The van der Waals surface area contributed by atoms with Crippen molar-refractivity contribution in [1.29, 1.82) is 0 Å². The van der Waals surface area contributed by atoms with Crippen molar-refractivity contribution in [2.45, 2.75) is 45.3 Å². The van der Waals surface area contributed by atoms with Crippen LogP contribution in [-0.2, 0) is 24.2 Å². The SMILES string of the molecule is CCc1nn(C2CC2)c(-c2ccc(OC)cc2OCc2ccccc2C(=O)O)c1C=C(Cc1cc2c(cc1OC)OCO2)C(=O)O. The van der Waals surface area contributed by atoms with Crippen LogP contribution in [0.3, 0.4) is 0 Å². The van der Waals surface area contributed by atoms with Crippen LogP contribution in [0.1, 0.15) is 58.5 Å². The molecule has 0 unspecified atom stereocenters. The van der Waals surface area contributed by atoms with Gasteiger partial charge in [-0.2, -0.15) is 5.10 Å². The van der Waals surface area contributed by atoms with Gasteiger partial charge in [0, 0.05) is 46.4 Å². The molecule has 46 heavy (non-hydrogen) atoms. The molecule has 6 rings (SSSR count). The van der Waals surface area contributed by atoms with Gasteiger partial charge in [0.25, 0.3) is 0 Å². The summed E-state index contributed by atoms with van der Waals surface area (Å²) in [6, 6.07) is 15.7. The van der Waals surface area contributed by atoms with Gasteiger partial charge in [-0.3, -0.25) is 4.68 Å². The van der Waals surface area contributed by atoms with Crippen molar-refractivity contribution in [1.82, 2.24) is 9.78 Å². The van der Waals surface area contributed by atoms with E-state index in [1.54, 1.807) is 49.6 Å². The molecule has 1 aliphatic carbocycles. The molecule has 1 fully saturated rings. The first-order chi connectivity index (χ1) is 22.3. The molecule has 0 spiro atoms. The predicted octanol–water partition coefficient (Wildman–Crippen LogP) is 6.18. The fourth-order valence-corrected chi connectivity index (χ4v) is 5.58. The second-order valence-corrected chi connectivity index (χ2v) is 11.0. The van der Waals surface area contributed by atoms with Crippen molar-refractivity contribution in [3.8, 4) is 40.0 Å². The molecule has 2 heterocycles. The summed E-state index contributed by atoms with van der Waals surface area (Å²) in [5.41, 5.74) is 4.26. The molecule has 1 saturated carbocycles. The molecule has 4 aromatic rings. The monoisotopic (exact) mass is 626 g/mol. The standard InChI is InChI=1S/C35H34N2O9/c1-4-28-27(14-22(34(38)39)13-21-15-31-32(46-19-45-31)17-29(21)43-3)33(37(36-28)23-9-10-23)26-12-11-24(42-2)16-30(26)44-18-20-7-5-6-8-25(20)35(40)41/h5-8,11-12,14-17,23H,4,9-10,13,18-19H2,1-3H3,(H,38,39)(H,40,41). The number of ether oxygens (including phenoxy) is 5. The van der Waals surface area contributed by atoms with Crippen molar-refractivity contribution in [3.63, 3.8) is 0 Å². The number of hydrogen-bond donors (Lipinski definition) is 2. The summed E-state index contributed by atoms with van der Waals surface area (Å²) < 4.78 is 30.4. The summed E-state index contributed by atoms with van der Waals surface area (Å²) in [6.45, 7) is 2.06. The van der Waals surface area contributed by atoms with E-state index in [1.165, 1.54) is 13.2 Å². The molecule has 2 aliphatic rings. The summed E-state index contributed by atoms with van der Waals surface area (Å²) in [7, 11) is 3.08. The number of aromatic carboxylic acids is 1. The van der Waals surface area contributed by atoms with E-state index >= 15 is 0 Å². The maximum absolute atomic E-state index is 12.8. The average Bonchev–Trinajstić information content (AvgIpc) is 3.70. The number of methoxy groups -OCH3 is 2. The molecule has 0 bridgehead atoms. The lowest BCUT2D eigenvalue weighted by molar-refractivity contribution is -0.132. The molecular formula is C35H34N2O9. The minimum atomic E-state index is -1.08. The van der Waals surface area contributed by atoms with E-state index in [2.05, 4.69) is 0 Å². The summed E-state index contributed by atoms with van der Waals surface area (Å²) in [4.78, 5) is 24.6. The summed E-state index contributed by atoms with van der Waals surface area (Å²) in [5.74, 6) is 0.445. The number of nitrogens with zero attached hydrogens (tertiary/aromatic N) is 2. The highest BCUT2D eigenvalue weighted by Crippen LogP contribution is 2.45. The Labute approximate surface area is 265 Å². The van der Waals surface area contributed by atoms with Crippen molar-refractivity contribution < 1.29 is 43.5 Å². The molecule has 0 radical (unpaired) electrons. The quantitative estimate of drug-likeness (QED) is 0.165. The number of benzene rings is 3. The molecule has 0 saturated heterocycles. The smallest absolute Gasteiger partial charge is 0.336 e. The lowest BCUT2D eigenvalue weighted by atomic mass is 9.97. The Hall–Kier alpha value is -5.45. The van der Waals surface area contributed by atoms with Crippen molar-refractivity contribution in [3.05, 3.63) is 88.1 Å². The Bertz CT molecular complexity index is 1840. The van der Waals surface area contributed by atoms with Crippen molar-refractivity contribution in [2.24, 2.45) is 0 Å². The van der Waals surface area contributed by atoms with Gasteiger partial charge in [0.2, 0.25) is 6.79 Å². The van der Waals surface area contributed by atoms with E-state index in [1.807, 2.05) is 23.7 Å². The van der Waals surface area contributed by atoms with Crippen LogP contribution in [0.25, 0.3) is 17.3 Å². The average molecular weight is 627 g/mol. The van der Waals surface area contributed by atoms with Gasteiger partial charge in [-0.15, -0.1) is 0 Å². The lowest BCUT2D eigenvalue weighted by Crippen LogP contribution is -2.07. The first kappa shape index (κ1) is 30.6. The normalized spacial score (nSPS) is 13.8. The third-order valence-corrected chi connectivity index (χ3v) is 8.08. The van der Waals surface area contributed by atoms with E-state index < -0.39 is 11.9 Å². The highest BCUT2D eigenvalue weighted by molar-refractivity contribution is 5.95. The molecule has 0 amide bonds. The first-order valence-electron chi connectivity index (χ1n) is 14.9. The molecule has 3 aromatic carbocycles. The highest BCUT2D eigenvalue weighted by Gasteiger charge is 2.32. The van der Waals surface area contributed by atoms with Crippen LogP contribution in [0.4, 0.5) is 0 Å². The molecule has 1 aliphatic heterocycles. The Morgan fingerprint density at radius 3 is 2.41 bits per heavy atom. The summed E-state index contributed by atoms with van der Waals surface area (Å²) in [6.07, 6.45) is 4.20.